The molecule has 2 N–H and O–H groups in total. The van der Waals surface area contributed by atoms with Crippen LogP contribution in [0.4, 0.5) is 10.5 Å². The second-order valence-electron chi connectivity index (χ2n) is 4.92. The maximum atomic E-state index is 12.2. The third-order valence-corrected chi connectivity index (χ3v) is 3.65. The van der Waals surface area contributed by atoms with Crippen LogP contribution in [0, 0.1) is 5.92 Å². The number of urea groups is 1. The summed E-state index contributed by atoms with van der Waals surface area (Å²) >= 11 is 5.89. The number of carbonyl (C=O) groups is 2. The van der Waals surface area contributed by atoms with E-state index < -0.39 is 18.5 Å². The van der Waals surface area contributed by atoms with Crippen LogP contribution in [0.1, 0.15) is 19.8 Å². The zero-order valence-electron chi connectivity index (χ0n) is 11.2. The van der Waals surface area contributed by atoms with E-state index in [0.717, 1.165) is 12.8 Å². The van der Waals surface area contributed by atoms with Gasteiger partial charge in [-0.1, -0.05) is 31.0 Å². The summed E-state index contributed by atoms with van der Waals surface area (Å²) in [4.78, 5) is 24.3. The quantitative estimate of drug-likeness (QED) is 0.878. The predicted molar refractivity (Wildman–Crippen MR) is 77.2 cm³/mol. The standard InChI is InChI=1S/C14H17ClN2O3/c1-2-9-6-12(9)16-14(20)17(8-13(18)19)11-5-3-4-10(15)7-11/h3-5,7,9,12H,2,6,8H2,1H3,(H,16,20)(H,18,19). The lowest BCUT2D eigenvalue weighted by Crippen LogP contribution is -2.44. The number of nitrogens with one attached hydrogen (secondary N) is 1. The molecule has 1 fully saturated rings. The molecule has 0 aromatic heterocycles. The van der Waals surface area contributed by atoms with E-state index in [1.165, 1.54) is 4.90 Å². The van der Waals surface area contributed by atoms with Gasteiger partial charge in [0.05, 0.1) is 0 Å². The van der Waals surface area contributed by atoms with Gasteiger partial charge in [0.1, 0.15) is 6.54 Å². The van der Waals surface area contributed by atoms with Gasteiger partial charge in [-0.3, -0.25) is 9.69 Å². The highest BCUT2D eigenvalue weighted by molar-refractivity contribution is 6.30. The molecule has 5 nitrogen and oxygen atoms in total. The number of halogens is 1. The molecule has 1 aliphatic rings. The van der Waals surface area contributed by atoms with Gasteiger partial charge in [0, 0.05) is 16.8 Å². The van der Waals surface area contributed by atoms with Gasteiger partial charge in [-0.2, -0.15) is 0 Å². The number of aliphatic carboxylic acids is 1. The van der Waals surface area contributed by atoms with Crippen LogP contribution >= 0.6 is 11.6 Å². The maximum absolute atomic E-state index is 12.2. The van der Waals surface area contributed by atoms with E-state index in [1.807, 2.05) is 0 Å². The molecule has 0 aliphatic heterocycles. The molecule has 1 saturated carbocycles. The number of carbonyl (C=O) groups excluding carboxylic acids is 1. The first-order valence-electron chi connectivity index (χ1n) is 6.56. The molecule has 0 spiro atoms. The molecule has 2 atom stereocenters. The molecule has 1 aromatic rings. The lowest BCUT2D eigenvalue weighted by molar-refractivity contribution is -0.135. The molecule has 0 heterocycles. The number of hydrogen-bond acceptors (Lipinski definition) is 2. The van der Waals surface area contributed by atoms with Gasteiger partial charge < -0.3 is 10.4 Å². The van der Waals surface area contributed by atoms with Crippen LogP contribution in [-0.2, 0) is 4.79 Å². The van der Waals surface area contributed by atoms with Crippen LogP contribution in [0.25, 0.3) is 0 Å². The Morgan fingerprint density at radius 3 is 2.80 bits per heavy atom. The zero-order valence-corrected chi connectivity index (χ0v) is 11.9. The Balaban J connectivity index is 2.10. The third-order valence-electron chi connectivity index (χ3n) is 3.41. The second kappa shape index (κ2) is 6.13. The van der Waals surface area contributed by atoms with Gasteiger partial charge in [0.2, 0.25) is 0 Å². The SMILES string of the molecule is CCC1CC1NC(=O)N(CC(=O)O)c1cccc(Cl)c1. The second-order valence-corrected chi connectivity index (χ2v) is 5.36. The summed E-state index contributed by atoms with van der Waals surface area (Å²) in [5.41, 5.74) is 0.478. The third kappa shape index (κ3) is 3.63. The first kappa shape index (κ1) is 14.7. The lowest BCUT2D eigenvalue weighted by Gasteiger charge is -2.21. The summed E-state index contributed by atoms with van der Waals surface area (Å²) < 4.78 is 0. The van der Waals surface area contributed by atoms with Crippen molar-refractivity contribution in [1.29, 1.82) is 0 Å². The number of anilines is 1. The molecule has 2 rings (SSSR count). The van der Waals surface area contributed by atoms with Gasteiger partial charge in [-0.05, 0) is 30.5 Å². The average molecular weight is 297 g/mol. The molecular formula is C14H17ClN2O3. The van der Waals surface area contributed by atoms with Crippen LogP contribution in [0.15, 0.2) is 24.3 Å². The van der Waals surface area contributed by atoms with E-state index in [-0.39, 0.29) is 6.04 Å². The monoisotopic (exact) mass is 296 g/mol. The molecule has 108 valence electrons. The maximum Gasteiger partial charge on any atom is 0.323 e. The highest BCUT2D eigenvalue weighted by atomic mass is 35.5. The smallest absolute Gasteiger partial charge is 0.323 e. The summed E-state index contributed by atoms with van der Waals surface area (Å²) in [6.07, 6.45) is 1.97. The van der Waals surface area contributed by atoms with Gasteiger partial charge in [-0.25, -0.2) is 4.79 Å². The minimum Gasteiger partial charge on any atom is -0.480 e. The molecule has 0 bridgehead atoms. The van der Waals surface area contributed by atoms with E-state index in [2.05, 4.69) is 12.2 Å². The van der Waals surface area contributed by atoms with E-state index in [9.17, 15) is 9.59 Å². The first-order valence-corrected chi connectivity index (χ1v) is 6.94. The largest absolute Gasteiger partial charge is 0.480 e. The number of benzene rings is 1. The van der Waals surface area contributed by atoms with E-state index in [1.54, 1.807) is 24.3 Å². The van der Waals surface area contributed by atoms with E-state index in [4.69, 9.17) is 16.7 Å². The van der Waals surface area contributed by atoms with Crippen molar-refractivity contribution in [2.45, 2.75) is 25.8 Å². The van der Waals surface area contributed by atoms with Crippen molar-refractivity contribution >= 4 is 29.3 Å². The van der Waals surface area contributed by atoms with Crippen LogP contribution in [0.2, 0.25) is 5.02 Å². The Morgan fingerprint density at radius 1 is 1.50 bits per heavy atom. The minimum absolute atomic E-state index is 0.156. The number of rotatable bonds is 5. The fourth-order valence-electron chi connectivity index (χ4n) is 2.17. The Bertz CT molecular complexity index is 521. The molecule has 0 saturated heterocycles. The molecule has 2 amide bonds. The highest BCUT2D eigenvalue weighted by Gasteiger charge is 2.37. The molecule has 20 heavy (non-hydrogen) atoms. The summed E-state index contributed by atoms with van der Waals surface area (Å²) in [6, 6.07) is 6.37. The first-order chi connectivity index (χ1) is 9.51. The topological polar surface area (TPSA) is 69.6 Å². The van der Waals surface area contributed by atoms with E-state index >= 15 is 0 Å². The normalized spacial score (nSPS) is 20.3. The van der Waals surface area contributed by atoms with Crippen molar-refractivity contribution < 1.29 is 14.7 Å². The number of nitrogens with zero attached hydrogens (tertiary/aromatic N) is 1. The van der Waals surface area contributed by atoms with Crippen LogP contribution in [0.3, 0.4) is 0 Å². The Labute approximate surface area is 122 Å². The lowest BCUT2D eigenvalue weighted by atomic mass is 10.3. The van der Waals surface area contributed by atoms with Crippen molar-refractivity contribution in [2.24, 2.45) is 5.92 Å². The molecular weight excluding hydrogens is 280 g/mol. The van der Waals surface area contributed by atoms with Gasteiger partial charge >= 0.3 is 12.0 Å². The van der Waals surface area contributed by atoms with Gasteiger partial charge in [0.25, 0.3) is 0 Å². The van der Waals surface area contributed by atoms with Crippen molar-refractivity contribution in [1.82, 2.24) is 5.32 Å². The zero-order chi connectivity index (χ0) is 14.7. The van der Waals surface area contributed by atoms with Crippen molar-refractivity contribution in [3.05, 3.63) is 29.3 Å². The molecule has 1 aliphatic carbocycles. The minimum atomic E-state index is -1.07. The summed E-state index contributed by atoms with van der Waals surface area (Å²) in [5.74, 6) is -0.562. The van der Waals surface area contributed by atoms with Gasteiger partial charge in [0.15, 0.2) is 0 Å². The summed E-state index contributed by atoms with van der Waals surface area (Å²) in [7, 11) is 0. The fourth-order valence-corrected chi connectivity index (χ4v) is 2.36. The average Bonchev–Trinajstić information content (AvgIpc) is 3.14. The number of carboxylic acids is 1. The Morgan fingerprint density at radius 2 is 2.25 bits per heavy atom. The Hall–Kier alpha value is -1.75. The van der Waals surface area contributed by atoms with Crippen molar-refractivity contribution in [2.75, 3.05) is 11.4 Å². The fraction of sp³-hybridized carbons (Fsp3) is 0.429. The summed E-state index contributed by atoms with van der Waals surface area (Å²) in [5, 5.41) is 12.3. The van der Waals surface area contributed by atoms with Crippen LogP contribution < -0.4 is 10.2 Å². The van der Waals surface area contributed by atoms with Gasteiger partial charge in [-0.15, -0.1) is 0 Å². The number of hydrogen-bond donors (Lipinski definition) is 2. The van der Waals surface area contributed by atoms with Crippen molar-refractivity contribution in [3.8, 4) is 0 Å². The Kier molecular flexibility index (Phi) is 4.49. The molecule has 0 radical (unpaired) electrons. The summed E-state index contributed by atoms with van der Waals surface area (Å²) in [6.45, 7) is 1.68. The molecule has 6 heteroatoms. The van der Waals surface area contributed by atoms with Crippen LogP contribution in [0.5, 0.6) is 0 Å². The van der Waals surface area contributed by atoms with Crippen LogP contribution in [-0.4, -0.2) is 29.7 Å². The number of amides is 2. The molecule has 1 aromatic carbocycles. The predicted octanol–water partition coefficient (Wildman–Crippen LogP) is 2.74. The number of carboxylic acid groups (broad SMARTS) is 1. The highest BCUT2D eigenvalue weighted by Crippen LogP contribution is 2.33. The van der Waals surface area contributed by atoms with E-state index in [0.29, 0.717) is 16.6 Å². The molecule has 2 unspecified atom stereocenters. The van der Waals surface area contributed by atoms with Crippen molar-refractivity contribution in [3.63, 3.8) is 0 Å².